The number of nitrogens with two attached hydrogens (primary N) is 1. The number of likely N-dealkylation sites (N-methyl/N-ethyl adjacent to an activating group) is 1. The van der Waals surface area contributed by atoms with E-state index in [1.165, 1.54) is 10.5 Å². The van der Waals surface area contributed by atoms with E-state index >= 15 is 4.39 Å². The second kappa shape index (κ2) is 12.4. The van der Waals surface area contributed by atoms with Gasteiger partial charge in [0.25, 0.3) is 0 Å². The van der Waals surface area contributed by atoms with Crippen molar-refractivity contribution >= 4 is 27.3 Å². The normalized spacial score (nSPS) is 26.2. The molecule has 4 N–H and O–H groups in total. The van der Waals surface area contributed by atoms with E-state index in [2.05, 4.69) is 25.7 Å². The van der Waals surface area contributed by atoms with Crippen molar-refractivity contribution in [1.29, 1.82) is 0 Å². The predicted molar refractivity (Wildman–Crippen MR) is 143 cm³/mol. The molecule has 16 heteroatoms. The molecule has 3 aliphatic heterocycles. The fourth-order valence-electron chi connectivity index (χ4n) is 5.53. The average Bonchev–Trinajstić information content (AvgIpc) is 2.90. The number of piperazine rings is 1. The number of aromatic nitrogens is 1. The molecule has 1 aromatic heterocycles. The molecule has 4 atom stereocenters. The quantitative estimate of drug-likeness (QED) is 0.349. The van der Waals surface area contributed by atoms with Crippen molar-refractivity contribution < 1.29 is 22.0 Å². The summed E-state index contributed by atoms with van der Waals surface area (Å²) in [6.07, 6.45) is -0.465. The Bertz CT molecular complexity index is 1130. The minimum atomic E-state index is -3.49. The second-order valence-electron chi connectivity index (χ2n) is 10.5. The van der Waals surface area contributed by atoms with Gasteiger partial charge in [0, 0.05) is 52.4 Å². The standard InChI is InChI=1S/C23H37F2N9O4S/c1-31-7-9-34(10-8-31)39(37,38)16-3-5-33(6-4-16)20-17(25)12-27-13-18(20)29-23(35)19(21(26)30-36)22-28-11-15(24)14-32(22)2/h12-13,15-16,19,21-22,28H,3-11,14,26H2,1-2H3,(H,29,35). The summed E-state index contributed by atoms with van der Waals surface area (Å²) in [4.78, 5) is 33.9. The Labute approximate surface area is 227 Å². The van der Waals surface area contributed by atoms with Crippen LogP contribution in [0.5, 0.6) is 0 Å². The largest absolute Gasteiger partial charge is 0.367 e. The number of rotatable bonds is 8. The van der Waals surface area contributed by atoms with Crippen LogP contribution >= 0.6 is 0 Å². The lowest BCUT2D eigenvalue weighted by molar-refractivity contribution is -0.124. The number of anilines is 2. The lowest BCUT2D eigenvalue weighted by Gasteiger charge is -2.40. The zero-order valence-corrected chi connectivity index (χ0v) is 23.0. The summed E-state index contributed by atoms with van der Waals surface area (Å²) in [5.74, 6) is -2.59. The number of alkyl halides is 1. The number of nitrogens with one attached hydrogen (secondary N) is 2. The molecule has 13 nitrogen and oxygen atoms in total. The summed E-state index contributed by atoms with van der Waals surface area (Å²) >= 11 is 0. The number of nitroso groups, excluding NO2 is 1. The molecule has 3 fully saturated rings. The zero-order valence-electron chi connectivity index (χ0n) is 22.2. The van der Waals surface area contributed by atoms with Gasteiger partial charge in [-0.1, -0.05) is 5.18 Å². The van der Waals surface area contributed by atoms with E-state index < -0.39 is 51.4 Å². The Balaban J connectivity index is 1.48. The summed E-state index contributed by atoms with van der Waals surface area (Å²) in [5, 5.41) is 7.77. The van der Waals surface area contributed by atoms with Gasteiger partial charge in [0.1, 0.15) is 17.8 Å². The number of pyridine rings is 1. The molecule has 0 radical (unpaired) electrons. The lowest BCUT2D eigenvalue weighted by Crippen LogP contribution is -2.62. The molecule has 4 heterocycles. The first-order chi connectivity index (χ1) is 18.5. The molecule has 218 valence electrons. The van der Waals surface area contributed by atoms with Crippen molar-refractivity contribution in [2.24, 2.45) is 16.8 Å². The van der Waals surface area contributed by atoms with E-state index in [4.69, 9.17) is 5.73 Å². The summed E-state index contributed by atoms with van der Waals surface area (Å²) in [6.45, 7) is 2.77. The van der Waals surface area contributed by atoms with Crippen molar-refractivity contribution in [3.8, 4) is 0 Å². The van der Waals surface area contributed by atoms with E-state index in [9.17, 15) is 22.5 Å². The van der Waals surface area contributed by atoms with E-state index in [1.807, 2.05) is 7.05 Å². The van der Waals surface area contributed by atoms with Crippen LogP contribution in [-0.2, 0) is 14.8 Å². The van der Waals surface area contributed by atoms with E-state index in [1.54, 1.807) is 16.8 Å². The van der Waals surface area contributed by atoms with Crippen LogP contribution in [0.1, 0.15) is 12.8 Å². The summed E-state index contributed by atoms with van der Waals surface area (Å²) in [6, 6.07) is 0. The molecule has 1 amide bonds. The molecule has 0 aliphatic carbocycles. The summed E-state index contributed by atoms with van der Waals surface area (Å²) in [7, 11) is 0.0623. The lowest BCUT2D eigenvalue weighted by atomic mass is 9.98. The van der Waals surface area contributed by atoms with Crippen LogP contribution in [0.3, 0.4) is 0 Å². The van der Waals surface area contributed by atoms with Gasteiger partial charge < -0.3 is 20.9 Å². The number of hydrogen-bond acceptors (Lipinski definition) is 11. The maximum absolute atomic E-state index is 15.1. The van der Waals surface area contributed by atoms with Crippen molar-refractivity contribution in [3.63, 3.8) is 0 Å². The van der Waals surface area contributed by atoms with Gasteiger partial charge in [-0.3, -0.25) is 20.0 Å². The number of carbonyl (C=O) groups excluding carboxylic acids is 1. The number of carbonyl (C=O) groups is 1. The third-order valence-electron chi connectivity index (χ3n) is 7.77. The minimum absolute atomic E-state index is 0.0247. The molecule has 1 aromatic rings. The van der Waals surface area contributed by atoms with Gasteiger partial charge in [-0.25, -0.2) is 17.2 Å². The smallest absolute Gasteiger partial charge is 0.234 e. The van der Waals surface area contributed by atoms with Crippen molar-refractivity contribution in [1.82, 2.24) is 24.4 Å². The Kier molecular flexibility index (Phi) is 9.44. The van der Waals surface area contributed by atoms with Crippen LogP contribution in [0.15, 0.2) is 17.6 Å². The SMILES string of the molecule is CN1CCN(S(=O)(=O)C2CCN(c3c(F)cncc3NC(=O)C(C(N)N=O)C3NCC(F)CN3C)CC2)CC1. The second-order valence-corrected chi connectivity index (χ2v) is 12.7. The van der Waals surface area contributed by atoms with Crippen LogP contribution in [0.4, 0.5) is 20.2 Å². The number of halogens is 2. The molecule has 0 aromatic carbocycles. The van der Waals surface area contributed by atoms with Gasteiger partial charge in [-0.2, -0.15) is 4.31 Å². The molecule has 4 unspecified atom stereocenters. The Morgan fingerprint density at radius 2 is 1.85 bits per heavy atom. The molecule has 3 aliphatic rings. The van der Waals surface area contributed by atoms with Gasteiger partial charge >= 0.3 is 0 Å². The van der Waals surface area contributed by atoms with Crippen molar-refractivity contribution in [3.05, 3.63) is 23.1 Å². The van der Waals surface area contributed by atoms with Crippen LogP contribution in [-0.4, -0.2) is 124 Å². The van der Waals surface area contributed by atoms with E-state index in [0.717, 1.165) is 6.20 Å². The highest BCUT2D eigenvalue weighted by Crippen LogP contribution is 2.33. The zero-order chi connectivity index (χ0) is 28.3. The summed E-state index contributed by atoms with van der Waals surface area (Å²) in [5.41, 5.74) is 6.01. The number of nitrogens with zero attached hydrogens (tertiary/aromatic N) is 6. The predicted octanol–water partition coefficient (Wildman–Crippen LogP) is -0.428. The molecule has 39 heavy (non-hydrogen) atoms. The van der Waals surface area contributed by atoms with Crippen LogP contribution in [0, 0.1) is 16.6 Å². The first-order valence-corrected chi connectivity index (χ1v) is 14.6. The highest BCUT2D eigenvalue weighted by Gasteiger charge is 2.41. The maximum atomic E-state index is 15.1. The highest BCUT2D eigenvalue weighted by molar-refractivity contribution is 7.89. The molecule has 0 saturated carbocycles. The monoisotopic (exact) mass is 573 g/mol. The molecular formula is C23H37F2N9O4S. The first kappa shape index (κ1) is 29.6. The highest BCUT2D eigenvalue weighted by atomic mass is 32.2. The number of piperidine rings is 1. The van der Waals surface area contributed by atoms with Gasteiger partial charge in [0.2, 0.25) is 15.9 Å². The topological polar surface area (TPSA) is 157 Å². The Hall–Kier alpha value is -2.37. The van der Waals surface area contributed by atoms with Gasteiger partial charge in [-0.15, -0.1) is 4.91 Å². The van der Waals surface area contributed by atoms with Gasteiger partial charge in [-0.05, 0) is 26.9 Å². The summed E-state index contributed by atoms with van der Waals surface area (Å²) < 4.78 is 56.8. The molecule has 3 saturated heterocycles. The maximum Gasteiger partial charge on any atom is 0.234 e. The third-order valence-corrected chi connectivity index (χ3v) is 10.2. The molecule has 0 spiro atoms. The van der Waals surface area contributed by atoms with Gasteiger partial charge in [0.15, 0.2) is 12.0 Å². The van der Waals surface area contributed by atoms with Crippen LogP contribution in [0.2, 0.25) is 0 Å². The number of hydrogen-bond donors (Lipinski definition) is 3. The minimum Gasteiger partial charge on any atom is -0.367 e. The Morgan fingerprint density at radius 1 is 1.18 bits per heavy atom. The molecule has 0 bridgehead atoms. The number of sulfonamides is 1. The fourth-order valence-corrected chi connectivity index (χ4v) is 7.44. The van der Waals surface area contributed by atoms with Crippen molar-refractivity contribution in [2.75, 3.05) is 76.7 Å². The molecule has 4 rings (SSSR count). The third kappa shape index (κ3) is 6.52. The number of amides is 1. The Morgan fingerprint density at radius 3 is 2.46 bits per heavy atom. The molecular weight excluding hydrogens is 536 g/mol. The van der Waals surface area contributed by atoms with E-state index in [0.29, 0.717) is 39.0 Å². The van der Waals surface area contributed by atoms with Crippen LogP contribution < -0.4 is 21.3 Å². The van der Waals surface area contributed by atoms with E-state index in [-0.39, 0.29) is 37.6 Å². The first-order valence-electron chi connectivity index (χ1n) is 13.1. The fraction of sp³-hybridized carbons (Fsp3) is 0.739. The average molecular weight is 574 g/mol. The van der Waals surface area contributed by atoms with Crippen molar-refractivity contribution in [2.45, 2.75) is 36.6 Å². The van der Waals surface area contributed by atoms with Gasteiger partial charge in [0.05, 0.1) is 29.5 Å². The van der Waals surface area contributed by atoms with Crippen LogP contribution in [0.25, 0.3) is 0 Å².